The van der Waals surface area contributed by atoms with Crippen molar-refractivity contribution >= 4 is 44.4 Å². The van der Waals surface area contributed by atoms with Gasteiger partial charge in [-0.25, -0.2) is 9.18 Å². The molecule has 5 rings (SSSR count). The van der Waals surface area contributed by atoms with Gasteiger partial charge in [-0.05, 0) is 59.7 Å². The van der Waals surface area contributed by atoms with E-state index >= 15 is 4.39 Å². The molecule has 230 valence electrons. The van der Waals surface area contributed by atoms with Crippen molar-refractivity contribution in [2.45, 2.75) is 52.5 Å². The van der Waals surface area contributed by atoms with Crippen molar-refractivity contribution in [3.05, 3.63) is 99.8 Å². The molecular weight excluding hydrogens is 563 g/mol. The summed E-state index contributed by atoms with van der Waals surface area (Å²) >= 11 is 0. The van der Waals surface area contributed by atoms with Crippen molar-refractivity contribution in [1.82, 2.24) is 19.4 Å². The number of fused-ring (bicyclic) bond motifs is 1. The molecule has 1 amide bonds. The van der Waals surface area contributed by atoms with E-state index in [9.17, 15) is 9.59 Å². The number of rotatable bonds is 7. The number of piperazine rings is 1. The molecule has 0 bridgehead atoms. The summed E-state index contributed by atoms with van der Waals surface area (Å²) in [7, 11) is 4.02. The topological polar surface area (TPSA) is 71.3 Å². The van der Waals surface area contributed by atoms with Gasteiger partial charge in [0.1, 0.15) is 27.3 Å². The largest absolute Gasteiger partial charge is 0.354 e. The number of carbonyl (C=O) groups excluding carboxylic acids is 1. The van der Waals surface area contributed by atoms with Gasteiger partial charge < -0.3 is 9.80 Å². The summed E-state index contributed by atoms with van der Waals surface area (Å²) in [4.78, 5) is 39.8. The number of amides is 1. The van der Waals surface area contributed by atoms with Crippen LogP contribution in [0.1, 0.15) is 63.3 Å². The normalized spacial score (nSPS) is 15.2. The number of benzene rings is 2. The van der Waals surface area contributed by atoms with E-state index < -0.39 is 11.5 Å². The van der Waals surface area contributed by atoms with Gasteiger partial charge in [0.05, 0.1) is 16.9 Å². The van der Waals surface area contributed by atoms with E-state index in [0.29, 0.717) is 47.6 Å². The predicted molar refractivity (Wildman–Crippen MR) is 187 cm³/mol. The van der Waals surface area contributed by atoms with E-state index in [1.165, 1.54) is 12.1 Å². The Hall–Kier alpha value is -4.46. The maximum Gasteiger partial charge on any atom is 0.354 e. The van der Waals surface area contributed by atoms with Crippen LogP contribution in [0.15, 0.2) is 71.5 Å². The lowest BCUT2D eigenvalue weighted by Crippen LogP contribution is -2.54. The van der Waals surface area contributed by atoms with Crippen LogP contribution >= 0.6 is 0 Å². The Bertz CT molecular complexity index is 1850. The highest BCUT2D eigenvalue weighted by Crippen LogP contribution is 2.37. The van der Waals surface area contributed by atoms with E-state index in [4.69, 9.17) is 4.98 Å². The first-order valence-electron chi connectivity index (χ1n) is 15.6. The molecule has 0 N–H and O–H groups in total. The van der Waals surface area contributed by atoms with Gasteiger partial charge in [-0.2, -0.15) is 4.98 Å². The number of anilines is 1. The van der Waals surface area contributed by atoms with Gasteiger partial charge in [0.15, 0.2) is 0 Å². The van der Waals surface area contributed by atoms with Gasteiger partial charge in [-0.15, -0.1) is 5.37 Å². The second kappa shape index (κ2) is 12.9. The number of pyridine rings is 1. The van der Waals surface area contributed by atoms with Crippen molar-refractivity contribution in [3.63, 3.8) is 0 Å². The highest BCUT2D eigenvalue weighted by molar-refractivity contribution is 6.50. The van der Waals surface area contributed by atoms with Crippen LogP contribution in [0.5, 0.6) is 0 Å². The van der Waals surface area contributed by atoms with Crippen LogP contribution in [-0.2, 0) is 4.79 Å². The summed E-state index contributed by atoms with van der Waals surface area (Å²) in [5, 5.41) is 1.62. The zero-order valence-corrected chi connectivity index (χ0v) is 27.3. The molecule has 0 saturated carbocycles. The molecule has 1 aliphatic heterocycles. The maximum atomic E-state index is 16.4. The molecule has 1 atom stereocenters. The first-order valence-corrected chi connectivity index (χ1v) is 15.6. The monoisotopic (exact) mass is 603 g/mol. The molecule has 4 aromatic rings. The van der Waals surface area contributed by atoms with E-state index in [-0.39, 0.29) is 23.8 Å². The number of carbonyl (C=O) groups is 1. The summed E-state index contributed by atoms with van der Waals surface area (Å²) in [6.45, 7) is 15.2. The fraction of sp³-hybridized carbons (Fsp3) is 0.314. The van der Waals surface area contributed by atoms with E-state index in [0.717, 1.165) is 27.8 Å². The second-order valence-corrected chi connectivity index (χ2v) is 12.7. The Morgan fingerprint density at radius 3 is 2.44 bits per heavy atom. The molecule has 7 nitrogen and oxygen atoms in total. The summed E-state index contributed by atoms with van der Waals surface area (Å²) in [6, 6.07) is 12.8. The minimum Gasteiger partial charge on any atom is -0.350 e. The van der Waals surface area contributed by atoms with Crippen LogP contribution in [0.4, 0.5) is 10.2 Å². The van der Waals surface area contributed by atoms with Gasteiger partial charge in [0.2, 0.25) is 5.91 Å². The van der Waals surface area contributed by atoms with Gasteiger partial charge in [-0.1, -0.05) is 64.6 Å². The molecule has 0 aliphatic carbocycles. The average molecular weight is 603 g/mol. The molecule has 0 unspecified atom stereocenters. The summed E-state index contributed by atoms with van der Waals surface area (Å²) < 4.78 is 18.0. The van der Waals surface area contributed by atoms with Gasteiger partial charge in [0.25, 0.3) is 0 Å². The lowest BCUT2D eigenvalue weighted by Gasteiger charge is -2.40. The Morgan fingerprint density at radius 1 is 1.07 bits per heavy atom. The van der Waals surface area contributed by atoms with Crippen molar-refractivity contribution in [2.75, 3.05) is 24.5 Å². The zero-order valence-electron chi connectivity index (χ0n) is 27.3. The van der Waals surface area contributed by atoms with Crippen molar-refractivity contribution in [2.24, 2.45) is 0 Å². The summed E-state index contributed by atoms with van der Waals surface area (Å²) in [5.41, 5.74) is 4.57. The minimum absolute atomic E-state index is 0.0223. The summed E-state index contributed by atoms with van der Waals surface area (Å²) in [5.74, 6) is -0.0177. The predicted octanol–water partition coefficient (Wildman–Crippen LogP) is 4.62. The molecule has 1 aliphatic rings. The van der Waals surface area contributed by atoms with Crippen molar-refractivity contribution in [1.29, 1.82) is 0 Å². The SMILES string of the molecule is BC(B)=Cc1ccccc1-c1cc2c(cc1F)c(N1CCN(C(=O)C=C)C[C@@H]1C)nc(=O)n2-c1c(C(C)C)ccnc1C(C)C. The van der Waals surface area contributed by atoms with Crippen molar-refractivity contribution < 1.29 is 9.18 Å². The molecule has 2 aromatic heterocycles. The maximum absolute atomic E-state index is 16.4. The van der Waals surface area contributed by atoms with Gasteiger partial charge in [0, 0.05) is 42.8 Å². The average Bonchev–Trinajstić information content (AvgIpc) is 3.00. The van der Waals surface area contributed by atoms with E-state index in [2.05, 4.69) is 39.3 Å². The number of hydrogen-bond donors (Lipinski definition) is 0. The van der Waals surface area contributed by atoms with Gasteiger partial charge in [-0.3, -0.25) is 14.3 Å². The third-order valence-corrected chi connectivity index (χ3v) is 8.42. The molecule has 1 saturated heterocycles. The molecule has 2 aromatic carbocycles. The highest BCUT2D eigenvalue weighted by atomic mass is 19.1. The van der Waals surface area contributed by atoms with Crippen LogP contribution in [0.25, 0.3) is 33.8 Å². The fourth-order valence-corrected chi connectivity index (χ4v) is 6.27. The van der Waals surface area contributed by atoms with E-state index in [1.807, 2.05) is 63.9 Å². The smallest absolute Gasteiger partial charge is 0.350 e. The Balaban J connectivity index is 1.86. The molecular formula is C35H40B2FN5O2. The number of aromatic nitrogens is 3. The first-order chi connectivity index (χ1) is 21.4. The Morgan fingerprint density at radius 2 is 1.80 bits per heavy atom. The lowest BCUT2D eigenvalue weighted by atomic mass is 9.77. The number of hydrogen-bond acceptors (Lipinski definition) is 5. The molecule has 0 spiro atoms. The van der Waals surface area contributed by atoms with E-state index in [1.54, 1.807) is 21.7 Å². The number of nitrogens with zero attached hydrogens (tertiary/aromatic N) is 5. The Labute approximate surface area is 266 Å². The van der Waals surface area contributed by atoms with Gasteiger partial charge >= 0.3 is 5.69 Å². The third-order valence-electron chi connectivity index (χ3n) is 8.42. The van der Waals surface area contributed by atoms with Crippen LogP contribution in [-0.4, -0.2) is 66.7 Å². The molecule has 45 heavy (non-hydrogen) atoms. The minimum atomic E-state index is -0.457. The highest BCUT2D eigenvalue weighted by Gasteiger charge is 2.30. The van der Waals surface area contributed by atoms with Crippen molar-refractivity contribution in [3.8, 4) is 16.8 Å². The molecule has 3 heterocycles. The second-order valence-electron chi connectivity index (χ2n) is 12.7. The van der Waals surface area contributed by atoms with Crippen LogP contribution < -0.4 is 10.6 Å². The lowest BCUT2D eigenvalue weighted by molar-refractivity contribution is -0.126. The molecule has 0 radical (unpaired) electrons. The first kappa shape index (κ1) is 31.9. The number of halogens is 1. The standard InChI is InChI=1S/C35H40B2FN5O2/c1-7-31(44)41-14-15-42(22(6)19-41)34-27-17-28(38)26(25-11-9-8-10-23(25)16-30(36)37)18-29(27)43(35(45)40-34)33-24(20(2)3)12-13-39-32(33)21(4)5/h7-13,16-18,20-22H,1,14-15,19,36-37H2,2-6H3/t22-/m0/s1. The zero-order chi connectivity index (χ0) is 32.6. The third kappa shape index (κ3) is 6.10. The fourth-order valence-electron chi connectivity index (χ4n) is 6.27. The quantitative estimate of drug-likeness (QED) is 0.228. The van der Waals surface area contributed by atoms with Crippen LogP contribution in [0.3, 0.4) is 0 Å². The van der Waals surface area contributed by atoms with Crippen LogP contribution in [0, 0.1) is 5.82 Å². The summed E-state index contributed by atoms with van der Waals surface area (Å²) in [6.07, 6.45) is 5.13. The molecule has 1 fully saturated rings. The molecule has 10 heteroatoms. The Kier molecular flexibility index (Phi) is 9.14. The van der Waals surface area contributed by atoms with Crippen LogP contribution in [0.2, 0.25) is 0 Å².